The van der Waals surface area contributed by atoms with Gasteiger partial charge in [0.05, 0.1) is 13.7 Å². The Morgan fingerprint density at radius 3 is 2.60 bits per heavy atom. The van der Waals surface area contributed by atoms with Crippen LogP contribution in [0.1, 0.15) is 15.9 Å². The number of hydrogen-bond acceptors (Lipinski definition) is 6. The summed E-state index contributed by atoms with van der Waals surface area (Å²) in [6.45, 7) is 0.528. The summed E-state index contributed by atoms with van der Waals surface area (Å²) in [6, 6.07) is 16.1. The molecule has 0 aliphatic carbocycles. The molecular formula is C22H20N4O4. The monoisotopic (exact) mass is 404 g/mol. The van der Waals surface area contributed by atoms with E-state index in [0.717, 1.165) is 17.0 Å². The van der Waals surface area contributed by atoms with Crippen molar-refractivity contribution in [2.24, 2.45) is 4.99 Å². The van der Waals surface area contributed by atoms with E-state index in [4.69, 9.17) is 14.2 Å². The van der Waals surface area contributed by atoms with Gasteiger partial charge in [-0.3, -0.25) is 15.1 Å². The summed E-state index contributed by atoms with van der Waals surface area (Å²) in [6.07, 6.45) is 3.40. The fourth-order valence-corrected chi connectivity index (χ4v) is 2.80. The Morgan fingerprint density at radius 1 is 1.07 bits per heavy atom. The summed E-state index contributed by atoms with van der Waals surface area (Å²) < 4.78 is 15.8. The van der Waals surface area contributed by atoms with Gasteiger partial charge in [-0.25, -0.2) is 4.99 Å². The van der Waals surface area contributed by atoms with Crippen LogP contribution in [0.2, 0.25) is 0 Å². The van der Waals surface area contributed by atoms with Gasteiger partial charge in [0.2, 0.25) is 12.8 Å². The van der Waals surface area contributed by atoms with Gasteiger partial charge >= 0.3 is 0 Å². The SMILES string of the molecule is COc1ccc(NC(=NCc2ccncc2)NC(=O)c2ccc3c(c2)OCO3)cc1. The molecule has 0 unspecified atom stereocenters. The first-order valence-electron chi connectivity index (χ1n) is 9.27. The number of carbonyl (C=O) groups is 1. The highest BCUT2D eigenvalue weighted by atomic mass is 16.7. The second kappa shape index (κ2) is 8.95. The maximum atomic E-state index is 12.8. The van der Waals surface area contributed by atoms with Crippen LogP contribution in [0.3, 0.4) is 0 Å². The smallest absolute Gasteiger partial charge is 0.258 e. The summed E-state index contributed by atoms with van der Waals surface area (Å²) in [4.78, 5) is 21.3. The van der Waals surface area contributed by atoms with E-state index in [2.05, 4.69) is 20.6 Å². The highest BCUT2D eigenvalue weighted by Crippen LogP contribution is 2.32. The number of hydrogen-bond donors (Lipinski definition) is 2. The minimum Gasteiger partial charge on any atom is -0.497 e. The number of aliphatic imine (C=N–C) groups is 1. The van der Waals surface area contributed by atoms with E-state index in [9.17, 15) is 4.79 Å². The van der Waals surface area contributed by atoms with Gasteiger partial charge in [0.15, 0.2) is 11.5 Å². The zero-order valence-electron chi connectivity index (χ0n) is 16.3. The number of amides is 1. The van der Waals surface area contributed by atoms with Crippen molar-refractivity contribution in [3.63, 3.8) is 0 Å². The Balaban J connectivity index is 1.53. The highest BCUT2D eigenvalue weighted by Gasteiger charge is 2.17. The van der Waals surface area contributed by atoms with Gasteiger partial charge in [-0.05, 0) is 60.2 Å². The number of anilines is 1. The van der Waals surface area contributed by atoms with Gasteiger partial charge in [0, 0.05) is 23.6 Å². The molecule has 4 rings (SSSR count). The maximum absolute atomic E-state index is 12.8. The van der Waals surface area contributed by atoms with Crippen molar-refractivity contribution in [1.29, 1.82) is 0 Å². The van der Waals surface area contributed by atoms with Crippen LogP contribution in [0.15, 0.2) is 72.0 Å². The lowest BCUT2D eigenvalue weighted by Crippen LogP contribution is -2.36. The Kier molecular flexibility index (Phi) is 5.75. The van der Waals surface area contributed by atoms with Crippen LogP contribution < -0.4 is 24.8 Å². The number of ether oxygens (including phenoxy) is 3. The number of nitrogens with one attached hydrogen (secondary N) is 2. The third-order valence-electron chi connectivity index (χ3n) is 4.39. The first-order chi connectivity index (χ1) is 14.7. The van der Waals surface area contributed by atoms with E-state index in [1.807, 2.05) is 36.4 Å². The lowest BCUT2D eigenvalue weighted by atomic mass is 10.2. The Morgan fingerprint density at radius 2 is 1.83 bits per heavy atom. The number of pyridine rings is 1. The number of guanidine groups is 1. The van der Waals surface area contributed by atoms with Gasteiger partial charge in [-0.1, -0.05) is 0 Å². The molecule has 8 heteroatoms. The topological polar surface area (TPSA) is 94.1 Å². The highest BCUT2D eigenvalue weighted by molar-refractivity contribution is 6.10. The Hall–Kier alpha value is -4.07. The van der Waals surface area contributed by atoms with Crippen molar-refractivity contribution in [3.05, 3.63) is 78.1 Å². The van der Waals surface area contributed by atoms with Crippen LogP contribution in [0.25, 0.3) is 0 Å². The van der Waals surface area contributed by atoms with E-state index in [-0.39, 0.29) is 12.7 Å². The number of rotatable bonds is 5. The quantitative estimate of drug-likeness (QED) is 0.501. The second-order valence-corrected chi connectivity index (χ2v) is 6.40. The molecule has 0 saturated heterocycles. The van der Waals surface area contributed by atoms with Gasteiger partial charge in [0.25, 0.3) is 5.91 Å². The molecule has 1 aliphatic rings. The van der Waals surface area contributed by atoms with Crippen LogP contribution in [0, 0.1) is 0 Å². The van der Waals surface area contributed by atoms with Crippen LogP contribution in [-0.4, -0.2) is 30.8 Å². The molecule has 0 bridgehead atoms. The summed E-state index contributed by atoms with van der Waals surface area (Å²) >= 11 is 0. The summed E-state index contributed by atoms with van der Waals surface area (Å²) in [5, 5.41) is 5.97. The first kappa shape index (κ1) is 19.3. The van der Waals surface area contributed by atoms with Gasteiger partial charge < -0.3 is 19.5 Å². The fourth-order valence-electron chi connectivity index (χ4n) is 2.80. The molecule has 2 heterocycles. The van der Waals surface area contributed by atoms with E-state index in [0.29, 0.717) is 29.6 Å². The van der Waals surface area contributed by atoms with Gasteiger partial charge in [-0.2, -0.15) is 0 Å². The molecule has 152 valence electrons. The number of benzene rings is 2. The zero-order valence-corrected chi connectivity index (χ0v) is 16.3. The third-order valence-corrected chi connectivity index (χ3v) is 4.39. The Labute approximate surface area is 173 Å². The normalized spacial score (nSPS) is 12.4. The molecule has 0 radical (unpaired) electrons. The molecule has 2 aromatic carbocycles. The van der Waals surface area contributed by atoms with Crippen molar-refractivity contribution in [3.8, 4) is 17.2 Å². The average Bonchev–Trinajstić information content (AvgIpc) is 3.26. The number of nitrogens with zero attached hydrogens (tertiary/aromatic N) is 2. The molecule has 1 aliphatic heterocycles. The van der Waals surface area contributed by atoms with Crippen LogP contribution in [0.5, 0.6) is 17.2 Å². The summed E-state index contributed by atoms with van der Waals surface area (Å²) in [5.74, 6) is 1.90. The van der Waals surface area contributed by atoms with E-state index in [1.54, 1.807) is 37.7 Å². The minimum atomic E-state index is -0.317. The Bertz CT molecular complexity index is 1050. The molecule has 3 aromatic rings. The van der Waals surface area contributed by atoms with Gasteiger partial charge in [0.1, 0.15) is 5.75 Å². The van der Waals surface area contributed by atoms with E-state index in [1.165, 1.54) is 0 Å². The van der Waals surface area contributed by atoms with Crippen molar-refractivity contribution >= 4 is 17.6 Å². The summed E-state index contributed by atoms with van der Waals surface area (Å²) in [7, 11) is 1.61. The average molecular weight is 404 g/mol. The van der Waals surface area contributed by atoms with Crippen LogP contribution in [-0.2, 0) is 6.54 Å². The molecule has 0 fully saturated rings. The maximum Gasteiger partial charge on any atom is 0.258 e. The predicted molar refractivity (Wildman–Crippen MR) is 112 cm³/mol. The lowest BCUT2D eigenvalue weighted by Gasteiger charge is -2.12. The van der Waals surface area contributed by atoms with E-state index >= 15 is 0 Å². The molecular weight excluding hydrogens is 384 g/mol. The molecule has 8 nitrogen and oxygen atoms in total. The number of methoxy groups -OCH3 is 1. The predicted octanol–water partition coefficient (Wildman–Crippen LogP) is 3.22. The number of aromatic nitrogens is 1. The molecule has 0 saturated carbocycles. The van der Waals surface area contributed by atoms with Gasteiger partial charge in [-0.15, -0.1) is 0 Å². The number of fused-ring (bicyclic) bond motifs is 1. The molecule has 0 atom stereocenters. The lowest BCUT2D eigenvalue weighted by molar-refractivity contribution is 0.0976. The summed E-state index contributed by atoms with van der Waals surface area (Å²) in [5.41, 5.74) is 2.17. The molecule has 1 aromatic heterocycles. The standard InChI is InChI=1S/C22H20N4O4/c1-28-18-5-3-17(4-6-18)25-22(24-13-15-8-10-23-11-9-15)26-21(27)16-2-7-19-20(12-16)30-14-29-19/h2-12H,13-14H2,1H3,(H2,24,25,26,27). The molecule has 0 spiro atoms. The van der Waals surface area contributed by atoms with Crippen LogP contribution >= 0.6 is 0 Å². The molecule has 2 N–H and O–H groups in total. The van der Waals surface area contributed by atoms with Crippen molar-refractivity contribution in [1.82, 2.24) is 10.3 Å². The second-order valence-electron chi connectivity index (χ2n) is 6.40. The van der Waals surface area contributed by atoms with Crippen molar-refractivity contribution < 1.29 is 19.0 Å². The molecule has 30 heavy (non-hydrogen) atoms. The van der Waals surface area contributed by atoms with Crippen LogP contribution in [0.4, 0.5) is 5.69 Å². The fraction of sp³-hybridized carbons (Fsp3) is 0.136. The zero-order chi connectivity index (χ0) is 20.8. The third kappa shape index (κ3) is 4.67. The number of carbonyl (C=O) groups excluding carboxylic acids is 1. The van der Waals surface area contributed by atoms with E-state index < -0.39 is 0 Å². The largest absolute Gasteiger partial charge is 0.497 e. The van der Waals surface area contributed by atoms with Crippen molar-refractivity contribution in [2.75, 3.05) is 19.2 Å². The first-order valence-corrected chi connectivity index (χ1v) is 9.27. The molecule has 1 amide bonds. The minimum absolute atomic E-state index is 0.151. The van der Waals surface area contributed by atoms with Crippen molar-refractivity contribution in [2.45, 2.75) is 6.54 Å².